The van der Waals surface area contributed by atoms with Crippen molar-refractivity contribution in [1.29, 1.82) is 0 Å². The second kappa shape index (κ2) is 6.94. The lowest BCUT2D eigenvalue weighted by Crippen LogP contribution is -2.56. The lowest BCUT2D eigenvalue weighted by atomic mass is 9.65. The van der Waals surface area contributed by atoms with E-state index in [0.29, 0.717) is 25.8 Å². The van der Waals surface area contributed by atoms with E-state index in [1.807, 2.05) is 20.8 Å². The number of hydrogen-bond donors (Lipinski definition) is 2. The van der Waals surface area contributed by atoms with Crippen LogP contribution in [0.1, 0.15) is 51.2 Å². The molecule has 0 aromatic heterocycles. The van der Waals surface area contributed by atoms with Gasteiger partial charge in [-0.05, 0) is 47.9 Å². The van der Waals surface area contributed by atoms with Gasteiger partial charge in [-0.3, -0.25) is 9.69 Å². The minimum atomic E-state index is -0.999. The van der Waals surface area contributed by atoms with E-state index in [1.165, 1.54) is 12.0 Å². The molecule has 6 nitrogen and oxygen atoms in total. The van der Waals surface area contributed by atoms with Crippen LogP contribution in [0.3, 0.4) is 0 Å². The van der Waals surface area contributed by atoms with E-state index < -0.39 is 17.0 Å². The predicted molar refractivity (Wildman–Crippen MR) is 93.5 cm³/mol. The number of phenols is 1. The van der Waals surface area contributed by atoms with Crippen molar-refractivity contribution in [2.45, 2.75) is 52.0 Å². The SMILES string of the molecule is COC(=O)CCC1(C(C)(C)C)c2ccc(O)cc2CCCN1C(=O)O. The van der Waals surface area contributed by atoms with Crippen LogP contribution in [0.25, 0.3) is 0 Å². The molecule has 0 radical (unpaired) electrons. The van der Waals surface area contributed by atoms with E-state index in [4.69, 9.17) is 4.74 Å². The number of methoxy groups -OCH3 is 1. The van der Waals surface area contributed by atoms with Crippen molar-refractivity contribution in [3.05, 3.63) is 29.3 Å². The summed E-state index contributed by atoms with van der Waals surface area (Å²) in [7, 11) is 1.33. The van der Waals surface area contributed by atoms with E-state index in [0.717, 1.165) is 11.1 Å². The number of carbonyl (C=O) groups is 2. The van der Waals surface area contributed by atoms with Crippen LogP contribution in [0.4, 0.5) is 4.79 Å². The highest BCUT2D eigenvalue weighted by Crippen LogP contribution is 2.51. The molecule has 0 bridgehead atoms. The van der Waals surface area contributed by atoms with E-state index >= 15 is 0 Å². The Morgan fingerprint density at radius 3 is 2.56 bits per heavy atom. The zero-order chi connectivity index (χ0) is 18.8. The monoisotopic (exact) mass is 349 g/mol. The molecule has 1 unspecified atom stereocenters. The molecular formula is C19H27NO5. The summed E-state index contributed by atoms with van der Waals surface area (Å²) in [4.78, 5) is 25.4. The molecule has 1 aliphatic rings. The standard InChI is InChI=1S/C19H27NO5/c1-18(2,3)19(10-9-16(22)25-4)15-8-7-14(21)12-13(15)6-5-11-20(19)17(23)24/h7-8,12,21H,5-6,9-11H2,1-4H3,(H,23,24). The maximum Gasteiger partial charge on any atom is 0.408 e. The number of phenolic OH excluding ortho intramolecular Hbond substituents is 1. The van der Waals surface area contributed by atoms with Crippen molar-refractivity contribution in [2.75, 3.05) is 13.7 Å². The van der Waals surface area contributed by atoms with Crippen LogP contribution in [0.5, 0.6) is 5.75 Å². The Labute approximate surface area is 148 Å². The van der Waals surface area contributed by atoms with Crippen LogP contribution in [-0.2, 0) is 21.5 Å². The highest BCUT2D eigenvalue weighted by atomic mass is 16.5. The van der Waals surface area contributed by atoms with Gasteiger partial charge < -0.3 is 14.9 Å². The predicted octanol–water partition coefficient (Wildman–Crippen LogP) is 3.51. The summed E-state index contributed by atoms with van der Waals surface area (Å²) in [5.74, 6) is -0.197. The van der Waals surface area contributed by atoms with E-state index in [2.05, 4.69) is 0 Å². The van der Waals surface area contributed by atoms with E-state index in [-0.39, 0.29) is 18.1 Å². The summed E-state index contributed by atoms with van der Waals surface area (Å²) < 4.78 is 4.79. The Morgan fingerprint density at radius 1 is 1.32 bits per heavy atom. The average molecular weight is 349 g/mol. The summed E-state index contributed by atoms with van der Waals surface area (Å²) in [5.41, 5.74) is 0.451. The van der Waals surface area contributed by atoms with Gasteiger partial charge >= 0.3 is 12.1 Å². The van der Waals surface area contributed by atoms with Gasteiger partial charge in [-0.2, -0.15) is 0 Å². The van der Waals surface area contributed by atoms with Gasteiger partial charge in [0, 0.05) is 13.0 Å². The number of esters is 1. The van der Waals surface area contributed by atoms with Gasteiger partial charge in [0.15, 0.2) is 0 Å². The summed E-state index contributed by atoms with van der Waals surface area (Å²) in [6, 6.07) is 5.09. The largest absolute Gasteiger partial charge is 0.508 e. The number of hydrogen-bond acceptors (Lipinski definition) is 4. The molecule has 2 N–H and O–H groups in total. The maximum absolute atomic E-state index is 12.1. The Bertz CT molecular complexity index is 664. The summed E-state index contributed by atoms with van der Waals surface area (Å²) in [6.45, 7) is 6.34. The smallest absolute Gasteiger partial charge is 0.408 e. The maximum atomic E-state index is 12.1. The minimum Gasteiger partial charge on any atom is -0.508 e. The van der Waals surface area contributed by atoms with Crippen molar-refractivity contribution in [3.8, 4) is 5.75 Å². The minimum absolute atomic E-state index is 0.123. The zero-order valence-corrected chi connectivity index (χ0v) is 15.3. The highest BCUT2D eigenvalue weighted by Gasteiger charge is 2.52. The van der Waals surface area contributed by atoms with Crippen LogP contribution >= 0.6 is 0 Å². The lowest BCUT2D eigenvalue weighted by molar-refractivity contribution is -0.142. The van der Waals surface area contributed by atoms with Crippen molar-refractivity contribution < 1.29 is 24.5 Å². The first-order chi connectivity index (χ1) is 11.6. The molecule has 2 rings (SSSR count). The number of fused-ring (bicyclic) bond motifs is 1. The average Bonchev–Trinajstić information content (AvgIpc) is 2.68. The third kappa shape index (κ3) is 3.43. The zero-order valence-electron chi connectivity index (χ0n) is 15.3. The number of carboxylic acid groups (broad SMARTS) is 1. The topological polar surface area (TPSA) is 87.1 Å². The number of amides is 1. The van der Waals surface area contributed by atoms with Crippen LogP contribution in [-0.4, -0.2) is 40.8 Å². The van der Waals surface area contributed by atoms with Gasteiger partial charge in [0.1, 0.15) is 5.75 Å². The molecule has 6 heteroatoms. The first kappa shape index (κ1) is 19.1. The van der Waals surface area contributed by atoms with E-state index in [9.17, 15) is 19.8 Å². The number of ether oxygens (including phenoxy) is 1. The van der Waals surface area contributed by atoms with Gasteiger partial charge in [0.25, 0.3) is 0 Å². The molecule has 0 saturated heterocycles. The molecular weight excluding hydrogens is 322 g/mol. The number of rotatable bonds is 3. The fourth-order valence-electron chi connectivity index (χ4n) is 4.05. The normalized spacial score (nSPS) is 20.6. The number of carbonyl (C=O) groups excluding carboxylic acids is 1. The van der Waals surface area contributed by atoms with Crippen LogP contribution in [0.2, 0.25) is 0 Å². The van der Waals surface area contributed by atoms with Crippen LogP contribution in [0.15, 0.2) is 18.2 Å². The number of benzene rings is 1. The number of aryl methyl sites for hydroxylation is 1. The fourth-order valence-corrected chi connectivity index (χ4v) is 4.05. The highest BCUT2D eigenvalue weighted by molar-refractivity contribution is 5.71. The number of nitrogens with zero attached hydrogens (tertiary/aromatic N) is 1. The molecule has 1 atom stereocenters. The van der Waals surface area contributed by atoms with Crippen LogP contribution < -0.4 is 0 Å². The molecule has 0 spiro atoms. The van der Waals surface area contributed by atoms with Gasteiger partial charge in [-0.25, -0.2) is 4.79 Å². The van der Waals surface area contributed by atoms with Crippen molar-refractivity contribution >= 4 is 12.1 Å². The molecule has 0 aliphatic carbocycles. The summed E-state index contributed by atoms with van der Waals surface area (Å²) in [5, 5.41) is 19.8. The molecule has 1 amide bonds. The third-order valence-corrected chi connectivity index (χ3v) is 5.21. The first-order valence-electron chi connectivity index (χ1n) is 8.53. The Kier molecular flexibility index (Phi) is 5.30. The fraction of sp³-hybridized carbons (Fsp3) is 0.579. The van der Waals surface area contributed by atoms with Crippen molar-refractivity contribution in [1.82, 2.24) is 4.90 Å². The lowest BCUT2D eigenvalue weighted by Gasteiger charge is -2.51. The quantitative estimate of drug-likeness (QED) is 0.816. The van der Waals surface area contributed by atoms with Crippen LogP contribution in [0, 0.1) is 5.41 Å². The molecule has 25 heavy (non-hydrogen) atoms. The Balaban J connectivity index is 2.71. The third-order valence-electron chi connectivity index (χ3n) is 5.21. The van der Waals surface area contributed by atoms with Gasteiger partial charge in [-0.15, -0.1) is 0 Å². The van der Waals surface area contributed by atoms with Crippen molar-refractivity contribution in [2.24, 2.45) is 5.41 Å². The molecule has 1 aromatic rings. The molecule has 1 heterocycles. The molecule has 1 aromatic carbocycles. The van der Waals surface area contributed by atoms with Gasteiger partial charge in [-0.1, -0.05) is 26.8 Å². The Morgan fingerprint density at radius 2 is 2.00 bits per heavy atom. The van der Waals surface area contributed by atoms with Crippen molar-refractivity contribution in [3.63, 3.8) is 0 Å². The summed E-state index contributed by atoms with van der Waals surface area (Å²) >= 11 is 0. The number of aromatic hydroxyl groups is 1. The Hall–Kier alpha value is -2.24. The second-order valence-electron chi connectivity index (χ2n) is 7.57. The first-order valence-corrected chi connectivity index (χ1v) is 8.53. The van der Waals surface area contributed by atoms with E-state index in [1.54, 1.807) is 18.2 Å². The molecule has 138 valence electrons. The summed E-state index contributed by atoms with van der Waals surface area (Å²) in [6.07, 6.45) is 0.800. The molecule has 1 aliphatic heterocycles. The molecule has 0 fully saturated rings. The molecule has 0 saturated carbocycles. The van der Waals surface area contributed by atoms with Gasteiger partial charge in [0.05, 0.1) is 12.6 Å². The van der Waals surface area contributed by atoms with Gasteiger partial charge in [0.2, 0.25) is 0 Å². The second-order valence-corrected chi connectivity index (χ2v) is 7.57.